The summed E-state index contributed by atoms with van der Waals surface area (Å²) in [5, 5.41) is 0. The highest BCUT2D eigenvalue weighted by atomic mass is 16.7. The highest BCUT2D eigenvalue weighted by Crippen LogP contribution is 2.63. The lowest BCUT2D eigenvalue weighted by atomic mass is 9.59. The molecule has 0 aromatic heterocycles. The summed E-state index contributed by atoms with van der Waals surface area (Å²) in [5.41, 5.74) is 1.46. The first-order chi connectivity index (χ1) is 15.3. The molecule has 8 nitrogen and oxygen atoms in total. The van der Waals surface area contributed by atoms with E-state index in [4.69, 9.17) is 33.2 Å². The number of methoxy groups -OCH3 is 6. The van der Waals surface area contributed by atoms with E-state index in [1.165, 1.54) is 21.3 Å². The molecule has 1 aromatic rings. The van der Waals surface area contributed by atoms with Crippen molar-refractivity contribution in [3.05, 3.63) is 34.8 Å². The Labute approximate surface area is 188 Å². The van der Waals surface area contributed by atoms with E-state index in [0.717, 1.165) is 5.56 Å². The van der Waals surface area contributed by atoms with Crippen LogP contribution in [0.4, 0.5) is 0 Å². The fraction of sp³-hybridized carbons (Fsp3) is 0.542. The molecule has 174 valence electrons. The van der Waals surface area contributed by atoms with Gasteiger partial charge in [0.05, 0.1) is 41.5 Å². The molecule has 0 spiro atoms. The van der Waals surface area contributed by atoms with Gasteiger partial charge in [-0.2, -0.15) is 0 Å². The molecule has 0 radical (unpaired) electrons. The monoisotopic (exact) mass is 446 g/mol. The number of Topliss-reactive ketones (excluding diaryl/α,β-unsaturated/α-hetero) is 1. The Morgan fingerprint density at radius 2 is 1.59 bits per heavy atom. The third kappa shape index (κ3) is 2.68. The molecule has 8 heteroatoms. The van der Waals surface area contributed by atoms with E-state index in [0.29, 0.717) is 28.6 Å². The Morgan fingerprint density at radius 3 is 2.12 bits per heavy atom. The molecule has 0 unspecified atom stereocenters. The number of benzene rings is 1. The van der Waals surface area contributed by atoms with Gasteiger partial charge < -0.3 is 33.2 Å². The molecule has 0 amide bonds. The largest absolute Gasteiger partial charge is 0.493 e. The van der Waals surface area contributed by atoms with Crippen LogP contribution in [0.5, 0.6) is 23.0 Å². The Balaban J connectivity index is 2.12. The van der Waals surface area contributed by atoms with E-state index < -0.39 is 11.7 Å². The molecule has 4 rings (SSSR count). The smallest absolute Gasteiger partial charge is 0.280 e. The lowest BCUT2D eigenvalue weighted by molar-refractivity contribution is -0.213. The van der Waals surface area contributed by atoms with Crippen LogP contribution < -0.4 is 18.9 Å². The third-order valence-corrected chi connectivity index (χ3v) is 7.07. The van der Waals surface area contributed by atoms with E-state index in [2.05, 4.69) is 13.8 Å². The van der Waals surface area contributed by atoms with Crippen LogP contribution in [0.3, 0.4) is 0 Å². The Kier molecular flexibility index (Phi) is 5.53. The van der Waals surface area contributed by atoms with Crippen molar-refractivity contribution in [3.8, 4) is 23.0 Å². The van der Waals surface area contributed by atoms with Gasteiger partial charge in [-0.05, 0) is 17.9 Å². The van der Waals surface area contributed by atoms with Gasteiger partial charge in [0.2, 0.25) is 28.8 Å². The normalized spacial score (nSPS) is 30.5. The number of fused-ring (bicyclic) bond motifs is 2. The van der Waals surface area contributed by atoms with Gasteiger partial charge in [0, 0.05) is 24.2 Å². The van der Waals surface area contributed by atoms with E-state index in [1.54, 1.807) is 21.3 Å². The quantitative estimate of drug-likeness (QED) is 0.657. The first-order valence-corrected chi connectivity index (χ1v) is 10.5. The van der Waals surface area contributed by atoms with Gasteiger partial charge in [-0.3, -0.25) is 4.79 Å². The molecule has 0 saturated carbocycles. The van der Waals surface area contributed by atoms with Crippen LogP contribution >= 0.6 is 0 Å². The summed E-state index contributed by atoms with van der Waals surface area (Å²) in [7, 11) is 9.12. The van der Waals surface area contributed by atoms with Crippen LogP contribution in [0.25, 0.3) is 0 Å². The average molecular weight is 446 g/mol. The predicted octanol–water partition coefficient (Wildman–Crippen LogP) is 3.45. The number of hydrogen-bond acceptors (Lipinski definition) is 8. The summed E-state index contributed by atoms with van der Waals surface area (Å²) >= 11 is 0. The average Bonchev–Trinajstić information content (AvgIpc) is 2.81. The van der Waals surface area contributed by atoms with Gasteiger partial charge in [-0.15, -0.1) is 0 Å². The van der Waals surface area contributed by atoms with Gasteiger partial charge in [-0.25, -0.2) is 0 Å². The van der Waals surface area contributed by atoms with Crippen molar-refractivity contribution in [3.63, 3.8) is 0 Å². The van der Waals surface area contributed by atoms with Crippen molar-refractivity contribution in [2.75, 3.05) is 42.7 Å². The van der Waals surface area contributed by atoms with Crippen molar-refractivity contribution in [1.82, 2.24) is 0 Å². The second-order valence-electron chi connectivity index (χ2n) is 8.28. The number of rotatable bonds is 6. The number of hydrogen-bond donors (Lipinski definition) is 0. The van der Waals surface area contributed by atoms with Crippen LogP contribution in [0, 0.1) is 17.8 Å². The highest BCUT2D eigenvalue weighted by molar-refractivity contribution is 6.09. The van der Waals surface area contributed by atoms with Gasteiger partial charge in [0.1, 0.15) is 0 Å². The maximum atomic E-state index is 13.4. The van der Waals surface area contributed by atoms with E-state index in [1.807, 2.05) is 12.1 Å². The van der Waals surface area contributed by atoms with Crippen molar-refractivity contribution in [2.24, 2.45) is 17.8 Å². The maximum absolute atomic E-state index is 13.4. The molecular formula is C24H30O8. The molecule has 1 heterocycles. The topological polar surface area (TPSA) is 81.7 Å². The Bertz CT molecular complexity index is 1010. The standard InChI is InChI=1S/C24H30O8/c1-11-9-14-17-16(12(11)2)13-10-15(26-3)20(27-4)22(29-6)19(13)32-24(17,31-8)23(30-7)21(28-5)18(14)25/h9-12,16-17H,1-8H3/t11-,12+,16+,17+,24+/m0/s1. The molecule has 0 bridgehead atoms. The lowest BCUT2D eigenvalue weighted by Crippen LogP contribution is -2.59. The fourth-order valence-corrected chi connectivity index (χ4v) is 5.46. The van der Waals surface area contributed by atoms with E-state index >= 15 is 0 Å². The number of carbonyl (C=O) groups is 1. The van der Waals surface area contributed by atoms with Gasteiger partial charge in [0.25, 0.3) is 5.79 Å². The molecular weight excluding hydrogens is 416 g/mol. The van der Waals surface area contributed by atoms with Crippen LogP contribution in [-0.4, -0.2) is 54.2 Å². The molecule has 1 aromatic carbocycles. The molecule has 32 heavy (non-hydrogen) atoms. The van der Waals surface area contributed by atoms with Gasteiger partial charge in [-0.1, -0.05) is 19.9 Å². The first kappa shape index (κ1) is 22.3. The summed E-state index contributed by atoms with van der Waals surface area (Å²) in [6, 6.07) is 1.90. The maximum Gasteiger partial charge on any atom is 0.280 e. The Hall–Kier alpha value is -2.87. The molecule has 0 saturated heterocycles. The van der Waals surface area contributed by atoms with Crippen molar-refractivity contribution in [1.29, 1.82) is 0 Å². The first-order valence-electron chi connectivity index (χ1n) is 10.5. The van der Waals surface area contributed by atoms with E-state index in [9.17, 15) is 4.79 Å². The highest BCUT2D eigenvalue weighted by Gasteiger charge is 2.64. The summed E-state index contributed by atoms with van der Waals surface area (Å²) < 4.78 is 40.8. The predicted molar refractivity (Wildman–Crippen MR) is 115 cm³/mol. The number of ether oxygens (including phenoxy) is 7. The van der Waals surface area contributed by atoms with Gasteiger partial charge in [0.15, 0.2) is 11.5 Å². The van der Waals surface area contributed by atoms with Crippen LogP contribution in [0.15, 0.2) is 29.2 Å². The third-order valence-electron chi connectivity index (χ3n) is 7.07. The molecule has 3 aliphatic rings. The lowest BCUT2D eigenvalue weighted by Gasteiger charge is -2.54. The van der Waals surface area contributed by atoms with Gasteiger partial charge >= 0.3 is 0 Å². The molecule has 5 atom stereocenters. The minimum absolute atomic E-state index is 0.0697. The summed E-state index contributed by atoms with van der Waals surface area (Å²) in [5.74, 6) is 0.100. The zero-order valence-corrected chi connectivity index (χ0v) is 19.7. The molecule has 0 N–H and O–H groups in total. The summed E-state index contributed by atoms with van der Waals surface area (Å²) in [6.45, 7) is 4.26. The SMILES string of the molecule is COC1=C(OC)[C@]2(OC)Oc3c(cc(OC)c(OC)c3OC)[C@H]3[C@H](C)[C@@H](C)C=C(C1=O)[C@H]32. The fourth-order valence-electron chi connectivity index (χ4n) is 5.46. The molecule has 0 fully saturated rings. The number of carbonyl (C=O) groups excluding carboxylic acids is 1. The van der Waals surface area contributed by atoms with Crippen LogP contribution in [0.2, 0.25) is 0 Å². The minimum atomic E-state index is -1.42. The van der Waals surface area contributed by atoms with Crippen molar-refractivity contribution in [2.45, 2.75) is 25.6 Å². The zero-order valence-electron chi connectivity index (χ0n) is 19.7. The summed E-state index contributed by atoms with van der Waals surface area (Å²) in [6.07, 6.45) is 2.00. The van der Waals surface area contributed by atoms with Crippen LogP contribution in [0.1, 0.15) is 25.3 Å². The van der Waals surface area contributed by atoms with E-state index in [-0.39, 0.29) is 35.1 Å². The minimum Gasteiger partial charge on any atom is -0.493 e. The summed E-state index contributed by atoms with van der Waals surface area (Å²) in [4.78, 5) is 13.4. The molecule has 2 aliphatic carbocycles. The second kappa shape index (κ2) is 7.92. The Morgan fingerprint density at radius 1 is 0.906 bits per heavy atom. The van der Waals surface area contributed by atoms with Crippen molar-refractivity contribution >= 4 is 5.78 Å². The number of ketones is 1. The molecule has 1 aliphatic heterocycles. The van der Waals surface area contributed by atoms with Crippen molar-refractivity contribution < 1.29 is 38.0 Å². The van der Waals surface area contributed by atoms with Crippen LogP contribution in [-0.2, 0) is 19.0 Å². The zero-order chi connectivity index (χ0) is 23.4. The number of allylic oxidation sites excluding steroid dienone is 2. The second-order valence-corrected chi connectivity index (χ2v) is 8.28.